The van der Waals surface area contributed by atoms with E-state index in [-0.39, 0.29) is 11.8 Å². The average molecular weight is 339 g/mol. The molecule has 2 N–H and O–H groups in total. The molecule has 23 heavy (non-hydrogen) atoms. The van der Waals surface area contributed by atoms with E-state index in [0.29, 0.717) is 12.6 Å². The largest absolute Gasteiger partial charge is 0.381 e. The van der Waals surface area contributed by atoms with E-state index in [1.807, 2.05) is 0 Å². The molecule has 1 aromatic rings. The molecule has 8 heteroatoms. The Bertz CT molecular complexity index is 478. The molecule has 0 bridgehead atoms. The van der Waals surface area contributed by atoms with Gasteiger partial charge in [-0.1, -0.05) is 0 Å². The lowest BCUT2D eigenvalue weighted by molar-refractivity contribution is -0.127. The van der Waals surface area contributed by atoms with Crippen LogP contribution in [-0.4, -0.2) is 70.9 Å². The number of rotatable bonds is 6. The molecule has 0 aliphatic carbocycles. The molecule has 0 unspecified atom stereocenters. The molecule has 0 saturated carbocycles. The van der Waals surface area contributed by atoms with Crippen LogP contribution in [0.15, 0.2) is 11.2 Å². The molecule has 1 atom stereocenters. The van der Waals surface area contributed by atoms with Gasteiger partial charge in [0.15, 0.2) is 0 Å². The van der Waals surface area contributed by atoms with E-state index in [4.69, 9.17) is 4.74 Å². The third kappa shape index (κ3) is 4.92. The molecular formula is C15H25N5O2S. The summed E-state index contributed by atoms with van der Waals surface area (Å²) in [5.41, 5.74) is 0. The van der Waals surface area contributed by atoms with Crippen molar-refractivity contribution in [3.63, 3.8) is 0 Å². The van der Waals surface area contributed by atoms with Crippen LogP contribution in [0, 0.1) is 5.92 Å². The van der Waals surface area contributed by atoms with Gasteiger partial charge in [-0.3, -0.25) is 9.69 Å². The molecule has 7 nitrogen and oxygen atoms in total. The zero-order valence-electron chi connectivity index (χ0n) is 13.4. The topological polar surface area (TPSA) is 83.1 Å². The summed E-state index contributed by atoms with van der Waals surface area (Å²) in [5.74, 6) is 1.14. The van der Waals surface area contributed by atoms with E-state index >= 15 is 0 Å². The molecular weight excluding hydrogens is 314 g/mol. The zero-order chi connectivity index (χ0) is 15.9. The number of ether oxygens (including phenoxy) is 1. The highest BCUT2D eigenvalue weighted by Gasteiger charge is 2.30. The van der Waals surface area contributed by atoms with Crippen LogP contribution in [0.25, 0.3) is 0 Å². The molecule has 3 rings (SSSR count). The summed E-state index contributed by atoms with van der Waals surface area (Å²) in [6.45, 7) is 4.40. The second kappa shape index (κ2) is 8.65. The lowest BCUT2D eigenvalue weighted by atomic mass is 9.94. The van der Waals surface area contributed by atoms with Gasteiger partial charge in [-0.2, -0.15) is 10.3 Å². The number of thioether (sulfide) groups is 1. The van der Waals surface area contributed by atoms with Crippen LogP contribution >= 0.6 is 11.8 Å². The van der Waals surface area contributed by atoms with Crippen molar-refractivity contribution in [2.24, 2.45) is 5.92 Å². The van der Waals surface area contributed by atoms with Crippen LogP contribution in [0.5, 0.6) is 0 Å². The van der Waals surface area contributed by atoms with Crippen molar-refractivity contribution in [1.29, 1.82) is 0 Å². The Morgan fingerprint density at radius 3 is 3.09 bits per heavy atom. The van der Waals surface area contributed by atoms with E-state index in [2.05, 4.69) is 25.6 Å². The van der Waals surface area contributed by atoms with Gasteiger partial charge in [0.25, 0.3) is 0 Å². The monoisotopic (exact) mass is 339 g/mol. The molecule has 2 aliphatic heterocycles. The highest BCUT2D eigenvalue weighted by Crippen LogP contribution is 2.23. The molecule has 0 spiro atoms. The maximum atomic E-state index is 12.4. The van der Waals surface area contributed by atoms with Gasteiger partial charge < -0.3 is 10.1 Å². The Labute approximate surface area is 140 Å². The summed E-state index contributed by atoms with van der Waals surface area (Å²) in [7, 11) is 0. The number of H-pyrrole nitrogens is 1. The van der Waals surface area contributed by atoms with E-state index in [1.54, 1.807) is 18.0 Å². The molecule has 2 saturated heterocycles. The van der Waals surface area contributed by atoms with Crippen molar-refractivity contribution in [3.05, 3.63) is 6.20 Å². The summed E-state index contributed by atoms with van der Waals surface area (Å²) >= 11 is 1.60. The number of piperidine rings is 1. The number of hydrogen-bond donors (Lipinski definition) is 2. The number of nitrogens with zero attached hydrogens (tertiary/aromatic N) is 3. The van der Waals surface area contributed by atoms with Crippen molar-refractivity contribution in [2.45, 2.75) is 36.8 Å². The smallest absolute Gasteiger partial charge is 0.224 e. The maximum absolute atomic E-state index is 12.4. The fourth-order valence-electron chi connectivity index (χ4n) is 3.34. The first kappa shape index (κ1) is 16.7. The van der Waals surface area contributed by atoms with Crippen molar-refractivity contribution in [2.75, 3.05) is 38.6 Å². The molecule has 3 heterocycles. The van der Waals surface area contributed by atoms with Crippen LogP contribution in [0.1, 0.15) is 25.7 Å². The van der Waals surface area contributed by atoms with Gasteiger partial charge in [0.2, 0.25) is 5.91 Å². The number of likely N-dealkylation sites (tertiary alicyclic amines) is 1. The Kier molecular flexibility index (Phi) is 6.29. The minimum Gasteiger partial charge on any atom is -0.381 e. The molecule has 1 aromatic heterocycles. The second-order valence-corrected chi connectivity index (χ2v) is 7.24. The van der Waals surface area contributed by atoms with Gasteiger partial charge in [0, 0.05) is 38.1 Å². The third-order valence-corrected chi connectivity index (χ3v) is 5.48. The lowest BCUT2D eigenvalue weighted by Crippen LogP contribution is -2.48. The van der Waals surface area contributed by atoms with Crippen molar-refractivity contribution >= 4 is 17.7 Å². The standard InChI is InChI=1S/C15H25N5O2S/c21-15(16-5-9-23-14-10-17-19-18-14)12-2-1-6-20(11-12)13-3-7-22-8-4-13/h10,12-13H,1-9,11H2,(H,16,21)(H,17,18,19)/t12-/m1/s1. The van der Waals surface area contributed by atoms with E-state index in [1.165, 1.54) is 0 Å². The SMILES string of the molecule is O=C(NCCSc1cn[nH]n1)[C@@H]1CCCN(C2CCOCC2)C1. The Hall–Kier alpha value is -1.12. The van der Waals surface area contributed by atoms with Crippen LogP contribution in [0.4, 0.5) is 0 Å². The van der Waals surface area contributed by atoms with Gasteiger partial charge in [-0.05, 0) is 32.2 Å². The van der Waals surface area contributed by atoms with E-state index < -0.39 is 0 Å². The van der Waals surface area contributed by atoms with Gasteiger partial charge in [-0.25, -0.2) is 0 Å². The Morgan fingerprint density at radius 1 is 1.43 bits per heavy atom. The first-order valence-corrected chi connectivity index (χ1v) is 9.39. The molecule has 2 aliphatic rings. The first-order valence-electron chi connectivity index (χ1n) is 8.41. The molecule has 0 aromatic carbocycles. The van der Waals surface area contributed by atoms with Crippen LogP contribution in [0.2, 0.25) is 0 Å². The normalized spacial score (nSPS) is 23.7. The number of aromatic amines is 1. The predicted octanol–water partition coefficient (Wildman–Crippen LogP) is 0.904. The summed E-state index contributed by atoms with van der Waals surface area (Å²) < 4.78 is 5.44. The zero-order valence-corrected chi connectivity index (χ0v) is 14.2. The van der Waals surface area contributed by atoms with Crippen LogP contribution in [0.3, 0.4) is 0 Å². The van der Waals surface area contributed by atoms with Crippen LogP contribution < -0.4 is 5.32 Å². The van der Waals surface area contributed by atoms with Crippen molar-refractivity contribution in [3.8, 4) is 0 Å². The Balaban J connectivity index is 1.38. The van der Waals surface area contributed by atoms with Crippen LogP contribution in [-0.2, 0) is 9.53 Å². The van der Waals surface area contributed by atoms with Gasteiger partial charge in [0.1, 0.15) is 5.03 Å². The van der Waals surface area contributed by atoms with Gasteiger partial charge in [-0.15, -0.1) is 16.9 Å². The number of carbonyl (C=O) groups is 1. The molecule has 128 valence electrons. The molecule has 1 amide bonds. The average Bonchev–Trinajstić information content (AvgIpc) is 3.13. The Morgan fingerprint density at radius 2 is 2.30 bits per heavy atom. The highest BCUT2D eigenvalue weighted by molar-refractivity contribution is 7.99. The summed E-state index contributed by atoms with van der Waals surface area (Å²) in [6.07, 6.45) is 6.01. The number of aromatic nitrogens is 3. The summed E-state index contributed by atoms with van der Waals surface area (Å²) in [5, 5.41) is 14.3. The lowest BCUT2D eigenvalue weighted by Gasteiger charge is -2.39. The first-order chi connectivity index (χ1) is 11.3. The quantitative estimate of drug-likeness (QED) is 0.592. The minimum atomic E-state index is 0.128. The number of hydrogen-bond acceptors (Lipinski definition) is 6. The second-order valence-electron chi connectivity index (χ2n) is 6.13. The third-order valence-electron chi connectivity index (χ3n) is 4.57. The minimum absolute atomic E-state index is 0.128. The highest BCUT2D eigenvalue weighted by atomic mass is 32.2. The van der Waals surface area contributed by atoms with Gasteiger partial charge >= 0.3 is 0 Å². The number of nitrogens with one attached hydrogen (secondary N) is 2. The molecule has 2 fully saturated rings. The fourth-order valence-corrected chi connectivity index (χ4v) is 3.98. The number of amides is 1. The van der Waals surface area contributed by atoms with Crippen molar-refractivity contribution < 1.29 is 9.53 Å². The summed E-state index contributed by atoms with van der Waals surface area (Å²) in [6, 6.07) is 0.599. The molecule has 0 radical (unpaired) electrons. The number of carbonyl (C=O) groups excluding carboxylic acids is 1. The summed E-state index contributed by atoms with van der Waals surface area (Å²) in [4.78, 5) is 14.9. The maximum Gasteiger partial charge on any atom is 0.224 e. The van der Waals surface area contributed by atoms with Crippen molar-refractivity contribution in [1.82, 2.24) is 25.6 Å². The van der Waals surface area contributed by atoms with E-state index in [9.17, 15) is 4.79 Å². The fraction of sp³-hybridized carbons (Fsp3) is 0.800. The van der Waals surface area contributed by atoms with E-state index in [0.717, 1.165) is 62.8 Å². The predicted molar refractivity (Wildman–Crippen MR) is 88.3 cm³/mol. The van der Waals surface area contributed by atoms with Gasteiger partial charge in [0.05, 0.1) is 12.1 Å².